The van der Waals surface area contributed by atoms with Gasteiger partial charge in [0, 0.05) is 20.1 Å². The number of nitrogens with two attached hydrogens (primary N) is 2. The van der Waals surface area contributed by atoms with Crippen molar-refractivity contribution < 1.29 is 4.79 Å². The third-order valence-corrected chi connectivity index (χ3v) is 2.13. The van der Waals surface area contributed by atoms with Gasteiger partial charge < -0.3 is 21.4 Å². The van der Waals surface area contributed by atoms with Crippen molar-refractivity contribution in [3.63, 3.8) is 0 Å². The summed E-state index contributed by atoms with van der Waals surface area (Å²) in [7, 11) is 1.78. The Labute approximate surface area is 77.1 Å². The first-order valence-corrected chi connectivity index (χ1v) is 4.17. The molecule has 0 aromatic carbocycles. The van der Waals surface area contributed by atoms with Crippen molar-refractivity contribution in [2.45, 2.75) is 6.42 Å². The van der Waals surface area contributed by atoms with Gasteiger partial charge in [0.2, 0.25) is 11.9 Å². The number of guanidine groups is 1. The van der Waals surface area contributed by atoms with Crippen LogP contribution >= 0.6 is 0 Å². The quantitative estimate of drug-likeness (QED) is 0.204. The maximum absolute atomic E-state index is 11.4. The summed E-state index contributed by atoms with van der Waals surface area (Å²) in [4.78, 5) is 14.7. The zero-order chi connectivity index (χ0) is 9.84. The molecule has 13 heavy (non-hydrogen) atoms. The van der Waals surface area contributed by atoms with Gasteiger partial charge in [0.25, 0.3) is 0 Å². The van der Waals surface area contributed by atoms with Crippen LogP contribution < -0.4 is 11.6 Å². The molecule has 0 aromatic heterocycles. The molecule has 4 N–H and O–H groups in total. The lowest BCUT2D eigenvalue weighted by atomic mass is 10.4. The van der Waals surface area contributed by atoms with E-state index in [0.717, 1.165) is 19.5 Å². The Kier molecular flexibility index (Phi) is 2.94. The first-order chi connectivity index (χ1) is 6.15. The normalized spacial score (nSPS) is 20.4. The van der Waals surface area contributed by atoms with Crippen molar-refractivity contribution in [1.29, 1.82) is 0 Å². The van der Waals surface area contributed by atoms with Crippen LogP contribution in [0.3, 0.4) is 0 Å². The molecule has 0 saturated carbocycles. The van der Waals surface area contributed by atoms with Crippen LogP contribution in [-0.2, 0) is 4.79 Å². The van der Waals surface area contributed by atoms with Crippen LogP contribution in [0.25, 0.3) is 0 Å². The molecule has 1 heterocycles. The number of hydrogen-bond donors (Lipinski definition) is 2. The van der Waals surface area contributed by atoms with Gasteiger partial charge in [-0.1, -0.05) is 0 Å². The summed E-state index contributed by atoms with van der Waals surface area (Å²) < 4.78 is 0. The van der Waals surface area contributed by atoms with Crippen LogP contribution in [0, 0.1) is 0 Å². The minimum atomic E-state index is 0.0455. The van der Waals surface area contributed by atoms with Crippen molar-refractivity contribution in [2.75, 3.05) is 26.7 Å². The summed E-state index contributed by atoms with van der Waals surface area (Å²) in [5.41, 5.74) is 5.50. The number of carbonyl (C=O) groups is 1. The number of hydrazone groups is 1. The van der Waals surface area contributed by atoms with E-state index >= 15 is 0 Å². The van der Waals surface area contributed by atoms with Gasteiger partial charge in [-0.05, 0) is 6.42 Å². The van der Waals surface area contributed by atoms with E-state index in [9.17, 15) is 4.79 Å². The number of amides is 1. The first kappa shape index (κ1) is 9.63. The Bertz CT molecular complexity index is 227. The van der Waals surface area contributed by atoms with Crippen molar-refractivity contribution in [1.82, 2.24) is 9.80 Å². The fourth-order valence-corrected chi connectivity index (χ4v) is 1.26. The van der Waals surface area contributed by atoms with E-state index in [1.54, 1.807) is 16.8 Å². The van der Waals surface area contributed by atoms with Gasteiger partial charge in [-0.2, -0.15) is 0 Å². The van der Waals surface area contributed by atoms with E-state index < -0.39 is 0 Å². The number of nitrogens with zero attached hydrogens (tertiary/aromatic N) is 3. The lowest BCUT2D eigenvalue weighted by Crippen LogP contribution is -2.42. The monoisotopic (exact) mass is 185 g/mol. The Morgan fingerprint density at radius 3 is 2.85 bits per heavy atom. The molecule has 0 unspecified atom stereocenters. The third kappa shape index (κ3) is 2.24. The number of likely N-dealkylation sites (N-methyl/N-ethyl adjacent to an activating group) is 1. The van der Waals surface area contributed by atoms with E-state index in [1.807, 2.05) is 0 Å². The summed E-state index contributed by atoms with van der Waals surface area (Å²) in [6.45, 7) is 1.75. The predicted molar refractivity (Wildman–Crippen MR) is 49.6 cm³/mol. The van der Waals surface area contributed by atoms with Gasteiger partial charge in [-0.25, -0.2) is 0 Å². The molecular formula is C7H15N5O. The van der Waals surface area contributed by atoms with Crippen LogP contribution in [-0.4, -0.2) is 48.3 Å². The number of hydrogen-bond acceptors (Lipinski definition) is 3. The molecule has 1 amide bonds. The van der Waals surface area contributed by atoms with E-state index in [1.165, 1.54) is 0 Å². The lowest BCUT2D eigenvalue weighted by Gasteiger charge is -2.19. The van der Waals surface area contributed by atoms with E-state index in [4.69, 9.17) is 11.6 Å². The Morgan fingerprint density at radius 1 is 1.54 bits per heavy atom. The molecule has 0 bridgehead atoms. The fourth-order valence-electron chi connectivity index (χ4n) is 1.26. The number of rotatable bonds is 0. The second-order valence-corrected chi connectivity index (χ2v) is 3.08. The maximum Gasteiger partial charge on any atom is 0.241 e. The van der Waals surface area contributed by atoms with E-state index in [0.29, 0.717) is 0 Å². The molecule has 1 saturated heterocycles. The molecular weight excluding hydrogens is 170 g/mol. The van der Waals surface area contributed by atoms with Crippen LogP contribution in [0.2, 0.25) is 0 Å². The number of carbonyl (C=O) groups excluding carboxylic acids is 1. The molecule has 0 spiro atoms. The molecule has 0 aliphatic carbocycles. The molecule has 0 radical (unpaired) electrons. The zero-order valence-corrected chi connectivity index (χ0v) is 7.73. The highest BCUT2D eigenvalue weighted by atomic mass is 16.2. The predicted octanol–water partition coefficient (Wildman–Crippen LogP) is -1.66. The van der Waals surface area contributed by atoms with Crippen molar-refractivity contribution in [2.24, 2.45) is 16.7 Å². The van der Waals surface area contributed by atoms with Crippen molar-refractivity contribution in [3.05, 3.63) is 0 Å². The largest absolute Gasteiger partial charge is 0.368 e. The second kappa shape index (κ2) is 3.97. The standard InChI is InChI=1S/C7H15N5O/c1-11-3-2-4-12(5-6(11)13)7(8)10-9/h2-5,9H2,1H3,(H2,8,10). The smallest absolute Gasteiger partial charge is 0.241 e. The zero-order valence-electron chi connectivity index (χ0n) is 7.73. The Morgan fingerprint density at radius 2 is 2.23 bits per heavy atom. The molecule has 1 fully saturated rings. The average molecular weight is 185 g/mol. The maximum atomic E-state index is 11.4. The van der Waals surface area contributed by atoms with Gasteiger partial charge >= 0.3 is 0 Å². The average Bonchev–Trinajstić information content (AvgIpc) is 2.28. The highest BCUT2D eigenvalue weighted by Crippen LogP contribution is 2.01. The fraction of sp³-hybridized carbons (Fsp3) is 0.714. The van der Waals surface area contributed by atoms with Gasteiger partial charge in [-0.3, -0.25) is 4.79 Å². The van der Waals surface area contributed by atoms with Crippen LogP contribution in [0.1, 0.15) is 6.42 Å². The minimum absolute atomic E-state index is 0.0455. The van der Waals surface area contributed by atoms with E-state index in [2.05, 4.69) is 5.10 Å². The van der Waals surface area contributed by atoms with Crippen molar-refractivity contribution in [3.8, 4) is 0 Å². The van der Waals surface area contributed by atoms with Crippen LogP contribution in [0.4, 0.5) is 0 Å². The molecule has 1 rings (SSSR count). The Balaban J connectivity index is 2.64. The third-order valence-electron chi connectivity index (χ3n) is 2.13. The molecule has 1 aliphatic rings. The molecule has 74 valence electrons. The van der Waals surface area contributed by atoms with E-state index in [-0.39, 0.29) is 18.4 Å². The van der Waals surface area contributed by atoms with Gasteiger partial charge in [0.15, 0.2) is 0 Å². The van der Waals surface area contributed by atoms with Crippen LogP contribution in [0.5, 0.6) is 0 Å². The summed E-state index contributed by atoms with van der Waals surface area (Å²) in [5.74, 6) is 5.30. The minimum Gasteiger partial charge on any atom is -0.368 e. The van der Waals surface area contributed by atoms with Gasteiger partial charge in [0.1, 0.15) is 0 Å². The molecule has 1 aliphatic heterocycles. The summed E-state index contributed by atoms with van der Waals surface area (Å²) >= 11 is 0. The highest BCUT2D eigenvalue weighted by Gasteiger charge is 2.19. The van der Waals surface area contributed by atoms with Gasteiger partial charge in [0.05, 0.1) is 6.54 Å². The summed E-state index contributed by atoms with van der Waals surface area (Å²) in [5, 5.41) is 3.36. The van der Waals surface area contributed by atoms with Crippen molar-refractivity contribution >= 4 is 11.9 Å². The summed E-state index contributed by atoms with van der Waals surface area (Å²) in [6, 6.07) is 0. The van der Waals surface area contributed by atoms with Crippen LogP contribution in [0.15, 0.2) is 5.10 Å². The second-order valence-electron chi connectivity index (χ2n) is 3.08. The lowest BCUT2D eigenvalue weighted by molar-refractivity contribution is -0.129. The highest BCUT2D eigenvalue weighted by molar-refractivity contribution is 5.85. The molecule has 0 atom stereocenters. The van der Waals surface area contributed by atoms with Gasteiger partial charge in [-0.15, -0.1) is 5.10 Å². The topological polar surface area (TPSA) is 87.9 Å². The molecule has 0 aromatic rings. The first-order valence-electron chi connectivity index (χ1n) is 4.17. The Hall–Kier alpha value is -1.46. The SMILES string of the molecule is CN1CCCN(C(N)=NN)CC1=O. The molecule has 6 heteroatoms. The molecule has 6 nitrogen and oxygen atoms in total. The summed E-state index contributed by atoms with van der Waals surface area (Å²) in [6.07, 6.45) is 0.887.